The molecule has 1 aromatic heterocycles. The number of amides is 1. The summed E-state index contributed by atoms with van der Waals surface area (Å²) in [6.07, 6.45) is 2.24. The standard InChI is InChI=1S/C23H26FN3O2/c1-3-17(2)25-23(28)21-16-29-22(26-21)15-27(13-18-7-5-4-6-8-18)14-19-9-11-20(24)12-10-19/h4-12,16-17H,3,13-15H2,1-2H3,(H,25,28)/t17-/m1/s1. The molecule has 1 heterocycles. The predicted octanol–water partition coefficient (Wildman–Crippen LogP) is 4.54. The van der Waals surface area contributed by atoms with Gasteiger partial charge in [0, 0.05) is 19.1 Å². The molecule has 3 aromatic rings. The van der Waals surface area contributed by atoms with Gasteiger partial charge in [-0.2, -0.15) is 0 Å². The Bertz CT molecular complexity index is 909. The minimum absolute atomic E-state index is 0.0794. The average molecular weight is 395 g/mol. The molecule has 152 valence electrons. The fraction of sp³-hybridized carbons (Fsp3) is 0.304. The van der Waals surface area contributed by atoms with Gasteiger partial charge in [-0.25, -0.2) is 9.37 Å². The predicted molar refractivity (Wildman–Crippen MR) is 110 cm³/mol. The molecular formula is C23H26FN3O2. The van der Waals surface area contributed by atoms with E-state index in [1.807, 2.05) is 32.0 Å². The van der Waals surface area contributed by atoms with Gasteiger partial charge in [-0.15, -0.1) is 0 Å². The Morgan fingerprint density at radius 2 is 1.72 bits per heavy atom. The summed E-state index contributed by atoms with van der Waals surface area (Å²) < 4.78 is 18.8. The van der Waals surface area contributed by atoms with E-state index < -0.39 is 0 Å². The second kappa shape index (κ2) is 9.98. The van der Waals surface area contributed by atoms with Crippen molar-refractivity contribution >= 4 is 5.91 Å². The first-order valence-electron chi connectivity index (χ1n) is 9.79. The molecule has 0 spiro atoms. The van der Waals surface area contributed by atoms with Crippen molar-refractivity contribution in [2.24, 2.45) is 0 Å². The lowest BCUT2D eigenvalue weighted by Crippen LogP contribution is -2.32. The third kappa shape index (κ3) is 6.26. The zero-order chi connectivity index (χ0) is 20.6. The van der Waals surface area contributed by atoms with Crippen molar-refractivity contribution in [3.63, 3.8) is 0 Å². The largest absolute Gasteiger partial charge is 0.447 e. The Morgan fingerprint density at radius 1 is 1.07 bits per heavy atom. The van der Waals surface area contributed by atoms with Crippen molar-refractivity contribution < 1.29 is 13.6 Å². The van der Waals surface area contributed by atoms with Gasteiger partial charge in [-0.05, 0) is 36.6 Å². The topological polar surface area (TPSA) is 58.4 Å². The molecule has 1 atom stereocenters. The van der Waals surface area contributed by atoms with Crippen LogP contribution < -0.4 is 5.32 Å². The van der Waals surface area contributed by atoms with Crippen LogP contribution in [0.1, 0.15) is 47.8 Å². The summed E-state index contributed by atoms with van der Waals surface area (Å²) in [5.74, 6) is -0.0205. The van der Waals surface area contributed by atoms with Gasteiger partial charge in [0.25, 0.3) is 5.91 Å². The van der Waals surface area contributed by atoms with Crippen molar-refractivity contribution in [2.75, 3.05) is 0 Å². The van der Waals surface area contributed by atoms with Crippen molar-refractivity contribution in [1.29, 1.82) is 0 Å². The Morgan fingerprint density at radius 3 is 2.38 bits per heavy atom. The molecule has 0 aliphatic carbocycles. The number of carbonyl (C=O) groups is 1. The number of aromatic nitrogens is 1. The summed E-state index contributed by atoms with van der Waals surface area (Å²) in [6.45, 7) is 5.67. The minimum Gasteiger partial charge on any atom is -0.447 e. The summed E-state index contributed by atoms with van der Waals surface area (Å²) in [4.78, 5) is 18.7. The van der Waals surface area contributed by atoms with Crippen molar-refractivity contribution in [3.05, 3.63) is 89.4 Å². The fourth-order valence-corrected chi connectivity index (χ4v) is 2.94. The summed E-state index contributed by atoms with van der Waals surface area (Å²) in [7, 11) is 0. The molecular weight excluding hydrogens is 369 g/mol. The van der Waals surface area contributed by atoms with Crippen LogP contribution in [0.15, 0.2) is 65.3 Å². The lowest BCUT2D eigenvalue weighted by molar-refractivity contribution is 0.0934. The highest BCUT2D eigenvalue weighted by Gasteiger charge is 2.16. The number of hydrogen-bond donors (Lipinski definition) is 1. The number of nitrogens with one attached hydrogen (secondary N) is 1. The lowest BCUT2D eigenvalue weighted by Gasteiger charge is -2.21. The Balaban J connectivity index is 1.72. The number of benzene rings is 2. The van der Waals surface area contributed by atoms with Crippen molar-refractivity contribution in [3.8, 4) is 0 Å². The molecule has 5 nitrogen and oxygen atoms in total. The molecule has 0 aliphatic rings. The molecule has 0 saturated heterocycles. The van der Waals surface area contributed by atoms with E-state index in [2.05, 4.69) is 27.3 Å². The average Bonchev–Trinajstić information content (AvgIpc) is 3.19. The molecule has 0 radical (unpaired) electrons. The van der Waals surface area contributed by atoms with Crippen LogP contribution in [-0.4, -0.2) is 21.8 Å². The first-order valence-corrected chi connectivity index (χ1v) is 9.79. The lowest BCUT2D eigenvalue weighted by atomic mass is 10.1. The highest BCUT2D eigenvalue weighted by Crippen LogP contribution is 2.15. The quantitative estimate of drug-likeness (QED) is 0.578. The maximum atomic E-state index is 13.2. The molecule has 1 N–H and O–H groups in total. The Labute approximate surface area is 170 Å². The molecule has 29 heavy (non-hydrogen) atoms. The number of rotatable bonds is 9. The number of oxazole rings is 1. The van der Waals surface area contributed by atoms with Crippen LogP contribution in [0.3, 0.4) is 0 Å². The van der Waals surface area contributed by atoms with E-state index in [9.17, 15) is 9.18 Å². The first kappa shape index (κ1) is 20.7. The van der Waals surface area contributed by atoms with E-state index >= 15 is 0 Å². The van der Waals surface area contributed by atoms with Gasteiger partial charge in [0.15, 0.2) is 5.69 Å². The van der Waals surface area contributed by atoms with Gasteiger partial charge < -0.3 is 9.73 Å². The van der Waals surface area contributed by atoms with Crippen LogP contribution in [0.2, 0.25) is 0 Å². The van der Waals surface area contributed by atoms with E-state index in [4.69, 9.17) is 4.42 Å². The Kier molecular flexibility index (Phi) is 7.14. The highest BCUT2D eigenvalue weighted by molar-refractivity contribution is 5.92. The fourth-order valence-electron chi connectivity index (χ4n) is 2.94. The maximum absolute atomic E-state index is 13.2. The molecule has 0 bridgehead atoms. The van der Waals surface area contributed by atoms with Crippen LogP contribution >= 0.6 is 0 Å². The van der Waals surface area contributed by atoms with Crippen LogP contribution in [-0.2, 0) is 19.6 Å². The smallest absolute Gasteiger partial charge is 0.273 e. The van der Waals surface area contributed by atoms with Crippen LogP contribution in [0.4, 0.5) is 4.39 Å². The highest BCUT2D eigenvalue weighted by atomic mass is 19.1. The summed E-state index contributed by atoms with van der Waals surface area (Å²) in [5.41, 5.74) is 2.42. The number of halogens is 1. The molecule has 2 aromatic carbocycles. The second-order valence-electron chi connectivity index (χ2n) is 7.17. The van der Waals surface area contributed by atoms with Gasteiger partial charge in [0.05, 0.1) is 6.54 Å². The van der Waals surface area contributed by atoms with Gasteiger partial charge >= 0.3 is 0 Å². The van der Waals surface area contributed by atoms with E-state index in [1.165, 1.54) is 18.4 Å². The van der Waals surface area contributed by atoms with Crippen molar-refractivity contribution in [1.82, 2.24) is 15.2 Å². The Hall–Kier alpha value is -2.99. The normalized spacial score (nSPS) is 12.1. The molecule has 1 amide bonds. The van der Waals surface area contributed by atoms with E-state index in [0.29, 0.717) is 25.5 Å². The van der Waals surface area contributed by atoms with E-state index in [0.717, 1.165) is 17.5 Å². The SMILES string of the molecule is CC[C@@H](C)NC(=O)c1coc(CN(Cc2ccccc2)Cc2ccc(F)cc2)n1. The van der Waals surface area contributed by atoms with Gasteiger partial charge in [0.2, 0.25) is 5.89 Å². The number of carbonyl (C=O) groups excluding carboxylic acids is 1. The van der Waals surface area contributed by atoms with Crippen molar-refractivity contribution in [2.45, 2.75) is 45.9 Å². The van der Waals surface area contributed by atoms with Crippen LogP contribution in [0.25, 0.3) is 0 Å². The molecule has 0 unspecified atom stereocenters. The van der Waals surface area contributed by atoms with Gasteiger partial charge in [-0.1, -0.05) is 49.4 Å². The van der Waals surface area contributed by atoms with Crippen LogP contribution in [0.5, 0.6) is 0 Å². The summed E-state index contributed by atoms with van der Waals surface area (Å²) in [5, 5.41) is 2.89. The zero-order valence-corrected chi connectivity index (χ0v) is 16.8. The maximum Gasteiger partial charge on any atom is 0.273 e. The first-order chi connectivity index (χ1) is 14.0. The third-order valence-corrected chi connectivity index (χ3v) is 4.70. The van der Waals surface area contributed by atoms with Gasteiger partial charge in [0.1, 0.15) is 12.1 Å². The molecule has 0 fully saturated rings. The van der Waals surface area contributed by atoms with Gasteiger partial charge in [-0.3, -0.25) is 9.69 Å². The molecule has 6 heteroatoms. The van der Waals surface area contributed by atoms with E-state index in [-0.39, 0.29) is 23.5 Å². The number of hydrogen-bond acceptors (Lipinski definition) is 4. The monoisotopic (exact) mass is 395 g/mol. The molecule has 3 rings (SSSR count). The van der Waals surface area contributed by atoms with Crippen LogP contribution in [0, 0.1) is 5.82 Å². The summed E-state index contributed by atoms with van der Waals surface area (Å²) >= 11 is 0. The third-order valence-electron chi connectivity index (χ3n) is 4.70. The minimum atomic E-state index is -0.256. The second-order valence-corrected chi connectivity index (χ2v) is 7.17. The summed E-state index contributed by atoms with van der Waals surface area (Å²) in [6, 6.07) is 16.6. The molecule has 0 aliphatic heterocycles. The zero-order valence-electron chi connectivity index (χ0n) is 16.8. The van der Waals surface area contributed by atoms with E-state index in [1.54, 1.807) is 12.1 Å². The molecule has 0 saturated carbocycles. The number of nitrogens with zero attached hydrogens (tertiary/aromatic N) is 2.